The number of amides is 1. The number of aromatic nitrogens is 1. The van der Waals surface area contributed by atoms with Gasteiger partial charge >= 0.3 is 0 Å². The maximum atomic E-state index is 12.2. The summed E-state index contributed by atoms with van der Waals surface area (Å²) < 4.78 is 5.73. The highest BCUT2D eigenvalue weighted by atomic mass is 35.5. The molecule has 2 heterocycles. The van der Waals surface area contributed by atoms with Crippen molar-refractivity contribution in [2.45, 2.75) is 44.1 Å². The number of nitrogens with zero attached hydrogens (tertiary/aromatic N) is 1. The first-order chi connectivity index (χ1) is 10.3. The van der Waals surface area contributed by atoms with Crippen LogP contribution < -0.4 is 10.6 Å². The van der Waals surface area contributed by atoms with E-state index in [0.717, 1.165) is 48.5 Å². The van der Waals surface area contributed by atoms with Gasteiger partial charge in [-0.15, -0.1) is 12.4 Å². The van der Waals surface area contributed by atoms with E-state index in [2.05, 4.69) is 15.6 Å². The number of hydrogen-bond donors (Lipinski definition) is 2. The third-order valence-corrected chi connectivity index (χ3v) is 4.23. The average molecular weight is 322 g/mol. The molecule has 2 fully saturated rings. The predicted molar refractivity (Wildman–Crippen MR) is 87.5 cm³/mol. The van der Waals surface area contributed by atoms with E-state index in [1.54, 1.807) is 0 Å². The molecule has 2 N–H and O–H groups in total. The first-order valence-corrected chi connectivity index (χ1v) is 7.74. The topological polar surface area (TPSA) is 67.2 Å². The standard InChI is InChI=1S/C16H19N3O2.ClH/c20-15(12-3-1-2-8-17-12)18-11-6-7-14-13(9-11)19-16(21-14)10-4-5-10;/h6-7,9-10,12,17H,1-5,8H2,(H,18,20);1H/t12-;/m1./s1. The number of hydrogen-bond acceptors (Lipinski definition) is 4. The van der Waals surface area contributed by atoms with Gasteiger partial charge in [-0.25, -0.2) is 4.98 Å². The zero-order valence-corrected chi connectivity index (χ0v) is 13.1. The highest BCUT2D eigenvalue weighted by Gasteiger charge is 2.29. The normalized spacial score (nSPS) is 21.4. The van der Waals surface area contributed by atoms with Crippen molar-refractivity contribution in [1.29, 1.82) is 0 Å². The smallest absolute Gasteiger partial charge is 0.241 e. The minimum atomic E-state index is -0.0752. The van der Waals surface area contributed by atoms with E-state index in [1.807, 2.05) is 18.2 Å². The Labute approximate surface area is 135 Å². The van der Waals surface area contributed by atoms with E-state index < -0.39 is 0 Å². The number of fused-ring (bicyclic) bond motifs is 1. The number of anilines is 1. The molecule has 0 unspecified atom stereocenters. The van der Waals surface area contributed by atoms with E-state index in [4.69, 9.17) is 4.42 Å². The molecule has 0 bridgehead atoms. The minimum Gasteiger partial charge on any atom is -0.440 e. The SMILES string of the molecule is Cl.O=C(Nc1ccc2oc(C3CC3)nc2c1)[C@H]1CCCCN1. The zero-order chi connectivity index (χ0) is 14.2. The van der Waals surface area contributed by atoms with Crippen molar-refractivity contribution < 1.29 is 9.21 Å². The van der Waals surface area contributed by atoms with Gasteiger partial charge in [-0.05, 0) is 50.4 Å². The Balaban J connectivity index is 0.00000144. The van der Waals surface area contributed by atoms with Crippen molar-refractivity contribution in [3.05, 3.63) is 24.1 Å². The zero-order valence-electron chi connectivity index (χ0n) is 12.3. The highest BCUT2D eigenvalue weighted by Crippen LogP contribution is 2.40. The van der Waals surface area contributed by atoms with Crippen LogP contribution in [-0.2, 0) is 4.79 Å². The number of carbonyl (C=O) groups excluding carboxylic acids is 1. The van der Waals surface area contributed by atoms with Gasteiger partial charge in [-0.2, -0.15) is 0 Å². The van der Waals surface area contributed by atoms with Crippen LogP contribution in [0.4, 0.5) is 5.69 Å². The molecule has 1 atom stereocenters. The molecule has 2 aliphatic rings. The van der Waals surface area contributed by atoms with Gasteiger partial charge in [-0.1, -0.05) is 6.42 Å². The van der Waals surface area contributed by atoms with Crippen LogP contribution in [-0.4, -0.2) is 23.5 Å². The van der Waals surface area contributed by atoms with E-state index in [1.165, 1.54) is 12.8 Å². The summed E-state index contributed by atoms with van der Waals surface area (Å²) in [6, 6.07) is 5.59. The Morgan fingerprint density at radius 1 is 1.27 bits per heavy atom. The molecule has 5 nitrogen and oxygen atoms in total. The molecule has 1 aliphatic carbocycles. The van der Waals surface area contributed by atoms with Crippen LogP contribution in [0.5, 0.6) is 0 Å². The van der Waals surface area contributed by atoms with Gasteiger partial charge in [0.05, 0.1) is 6.04 Å². The lowest BCUT2D eigenvalue weighted by atomic mass is 10.0. The summed E-state index contributed by atoms with van der Waals surface area (Å²) in [5, 5.41) is 6.23. The maximum absolute atomic E-state index is 12.2. The molecule has 0 spiro atoms. The molecule has 1 saturated heterocycles. The first-order valence-electron chi connectivity index (χ1n) is 7.74. The third kappa shape index (κ3) is 3.10. The fraction of sp³-hybridized carbons (Fsp3) is 0.500. The summed E-state index contributed by atoms with van der Waals surface area (Å²) >= 11 is 0. The minimum absolute atomic E-state index is 0. The Morgan fingerprint density at radius 3 is 2.86 bits per heavy atom. The average Bonchev–Trinajstić information content (AvgIpc) is 3.28. The van der Waals surface area contributed by atoms with Gasteiger partial charge in [0.2, 0.25) is 5.91 Å². The molecule has 1 aromatic carbocycles. The number of nitrogens with one attached hydrogen (secondary N) is 2. The molecule has 4 rings (SSSR count). The lowest BCUT2D eigenvalue weighted by Gasteiger charge is -2.22. The third-order valence-electron chi connectivity index (χ3n) is 4.23. The number of benzene rings is 1. The monoisotopic (exact) mass is 321 g/mol. The molecular weight excluding hydrogens is 302 g/mol. The van der Waals surface area contributed by atoms with Gasteiger partial charge in [0, 0.05) is 11.6 Å². The molecule has 0 radical (unpaired) electrons. The predicted octanol–water partition coefficient (Wildman–Crippen LogP) is 3.21. The van der Waals surface area contributed by atoms with Crippen molar-refractivity contribution >= 4 is 35.1 Å². The Hall–Kier alpha value is -1.59. The lowest BCUT2D eigenvalue weighted by molar-refractivity contribution is -0.118. The van der Waals surface area contributed by atoms with Gasteiger partial charge in [0.15, 0.2) is 11.5 Å². The number of oxazole rings is 1. The van der Waals surface area contributed by atoms with E-state index in [0.29, 0.717) is 5.92 Å². The Bertz CT molecular complexity index is 675. The number of piperidine rings is 1. The number of carbonyl (C=O) groups is 1. The number of halogens is 1. The summed E-state index contributed by atoms with van der Waals surface area (Å²) in [6.45, 7) is 0.922. The molecular formula is C16H20ClN3O2. The summed E-state index contributed by atoms with van der Waals surface area (Å²) in [7, 11) is 0. The molecule has 1 amide bonds. The molecule has 6 heteroatoms. The summed E-state index contributed by atoms with van der Waals surface area (Å²) in [6.07, 6.45) is 5.51. The highest BCUT2D eigenvalue weighted by molar-refractivity contribution is 5.96. The fourth-order valence-corrected chi connectivity index (χ4v) is 2.83. The van der Waals surface area contributed by atoms with Crippen molar-refractivity contribution in [3.63, 3.8) is 0 Å². The van der Waals surface area contributed by atoms with Crippen LogP contribution in [0.25, 0.3) is 11.1 Å². The molecule has 1 aromatic heterocycles. The van der Waals surface area contributed by atoms with Crippen LogP contribution in [0.15, 0.2) is 22.6 Å². The molecule has 1 saturated carbocycles. The largest absolute Gasteiger partial charge is 0.440 e. The lowest BCUT2D eigenvalue weighted by Crippen LogP contribution is -2.43. The maximum Gasteiger partial charge on any atom is 0.241 e. The molecule has 2 aromatic rings. The summed E-state index contributed by atoms with van der Waals surface area (Å²) in [5.41, 5.74) is 2.41. The van der Waals surface area contributed by atoms with Gasteiger partial charge < -0.3 is 15.1 Å². The van der Waals surface area contributed by atoms with Crippen molar-refractivity contribution in [2.24, 2.45) is 0 Å². The summed E-state index contributed by atoms with van der Waals surface area (Å²) in [4.78, 5) is 16.7. The van der Waals surface area contributed by atoms with Gasteiger partial charge in [0.1, 0.15) is 5.52 Å². The Morgan fingerprint density at radius 2 is 2.14 bits per heavy atom. The van der Waals surface area contributed by atoms with Crippen LogP contribution in [0.3, 0.4) is 0 Å². The second kappa shape index (κ2) is 6.26. The van der Waals surface area contributed by atoms with Crippen LogP contribution in [0, 0.1) is 0 Å². The van der Waals surface area contributed by atoms with E-state index in [-0.39, 0.29) is 24.4 Å². The van der Waals surface area contributed by atoms with Crippen molar-refractivity contribution in [2.75, 3.05) is 11.9 Å². The van der Waals surface area contributed by atoms with E-state index in [9.17, 15) is 4.79 Å². The van der Waals surface area contributed by atoms with Gasteiger partial charge in [0.25, 0.3) is 0 Å². The first kappa shape index (κ1) is 15.3. The Kier molecular flexibility index (Phi) is 4.36. The quantitative estimate of drug-likeness (QED) is 0.911. The second-order valence-corrected chi connectivity index (χ2v) is 6.00. The van der Waals surface area contributed by atoms with E-state index >= 15 is 0 Å². The molecule has 1 aliphatic heterocycles. The van der Waals surface area contributed by atoms with Crippen LogP contribution in [0.1, 0.15) is 43.9 Å². The summed E-state index contributed by atoms with van der Waals surface area (Å²) in [5.74, 6) is 1.38. The fourth-order valence-electron chi connectivity index (χ4n) is 2.83. The molecule has 22 heavy (non-hydrogen) atoms. The molecule has 118 valence electrons. The van der Waals surface area contributed by atoms with Crippen LogP contribution >= 0.6 is 12.4 Å². The van der Waals surface area contributed by atoms with Crippen molar-refractivity contribution in [3.8, 4) is 0 Å². The van der Waals surface area contributed by atoms with Crippen molar-refractivity contribution in [1.82, 2.24) is 10.3 Å². The van der Waals surface area contributed by atoms with Gasteiger partial charge in [-0.3, -0.25) is 4.79 Å². The second-order valence-electron chi connectivity index (χ2n) is 6.00. The van der Waals surface area contributed by atoms with Crippen LogP contribution in [0.2, 0.25) is 0 Å². The number of rotatable bonds is 3.